The van der Waals surface area contributed by atoms with Gasteiger partial charge in [-0.25, -0.2) is 0 Å². The van der Waals surface area contributed by atoms with Crippen LogP contribution in [0.3, 0.4) is 0 Å². The Kier molecular flexibility index (Phi) is 10.8. The summed E-state index contributed by atoms with van der Waals surface area (Å²) in [7, 11) is 0. The van der Waals surface area contributed by atoms with Gasteiger partial charge in [-0.05, 0) is 123 Å². The first kappa shape index (κ1) is 31.1. The van der Waals surface area contributed by atoms with E-state index in [9.17, 15) is 4.79 Å². The molecule has 0 N–H and O–H groups in total. The Bertz CT molecular complexity index is 778. The maximum atomic E-state index is 12.0. The highest BCUT2D eigenvalue weighted by Gasteiger charge is 2.62. The van der Waals surface area contributed by atoms with E-state index in [-0.39, 0.29) is 12.1 Å². The van der Waals surface area contributed by atoms with Gasteiger partial charge in [0.05, 0.1) is 0 Å². The molecule has 4 saturated carbocycles. The molecule has 37 heavy (non-hydrogen) atoms. The summed E-state index contributed by atoms with van der Waals surface area (Å²) in [6, 6.07) is 0. The van der Waals surface area contributed by atoms with Gasteiger partial charge in [0.25, 0.3) is 0 Å². The predicted octanol–water partition coefficient (Wildman–Crippen LogP) is 9.92. The molecule has 4 rings (SSSR count). The van der Waals surface area contributed by atoms with Crippen molar-refractivity contribution in [2.75, 3.05) is 0 Å². The number of rotatable bonds is 8. The third-order valence-electron chi connectivity index (χ3n) is 12.2. The van der Waals surface area contributed by atoms with Crippen molar-refractivity contribution in [1.82, 2.24) is 0 Å². The SMILES string of the molecule is C=C(CCC(C)C1CCC2C3CC(S)C4CC(OC(=O)CC)CCC4(C)C3CCC12C)C(C)CC.CC. The minimum absolute atomic E-state index is 0.0321. The molecule has 0 radical (unpaired) electrons. The third-order valence-corrected chi connectivity index (χ3v) is 12.8. The lowest BCUT2D eigenvalue weighted by molar-refractivity contribution is -0.161. The molecule has 0 aromatic heterocycles. The third kappa shape index (κ3) is 6.02. The van der Waals surface area contributed by atoms with Crippen molar-refractivity contribution in [2.45, 2.75) is 144 Å². The molecule has 4 aliphatic rings. The number of hydrogen-bond donors (Lipinski definition) is 1. The van der Waals surface area contributed by atoms with Gasteiger partial charge in [-0.1, -0.05) is 67.5 Å². The van der Waals surface area contributed by atoms with E-state index in [1.54, 1.807) is 0 Å². The van der Waals surface area contributed by atoms with Gasteiger partial charge in [0.2, 0.25) is 0 Å². The lowest BCUT2D eigenvalue weighted by Crippen LogP contribution is -2.57. The number of carbonyl (C=O) groups is 1. The average molecular weight is 533 g/mol. The van der Waals surface area contributed by atoms with Crippen molar-refractivity contribution < 1.29 is 9.53 Å². The van der Waals surface area contributed by atoms with Crippen LogP contribution in [-0.2, 0) is 9.53 Å². The van der Waals surface area contributed by atoms with Crippen molar-refractivity contribution in [1.29, 1.82) is 0 Å². The van der Waals surface area contributed by atoms with Crippen LogP contribution in [0.1, 0.15) is 132 Å². The molecule has 0 spiro atoms. The zero-order chi connectivity index (χ0) is 27.5. The zero-order valence-electron chi connectivity index (χ0n) is 25.7. The maximum Gasteiger partial charge on any atom is 0.305 e. The highest BCUT2D eigenvalue weighted by atomic mass is 32.1. The van der Waals surface area contributed by atoms with Crippen LogP contribution in [0.5, 0.6) is 0 Å². The molecule has 2 nitrogen and oxygen atoms in total. The second-order valence-corrected chi connectivity index (χ2v) is 14.4. The molecule has 0 saturated heterocycles. The first-order valence-corrected chi connectivity index (χ1v) is 16.6. The van der Waals surface area contributed by atoms with Crippen molar-refractivity contribution in [3.8, 4) is 0 Å². The number of carbonyl (C=O) groups excluding carboxylic acids is 1. The molecular weight excluding hydrogens is 472 g/mol. The fourth-order valence-corrected chi connectivity index (χ4v) is 10.5. The van der Waals surface area contributed by atoms with Crippen LogP contribution in [-0.4, -0.2) is 17.3 Å². The standard InChI is InChI=1S/C32H54O2S.C2H6/c1-8-20(3)21(4)10-11-22(5)25-12-13-26-24-19-29(35)28-18-23(34-30(33)9-2)14-16-32(28,7)27(24)15-17-31(25,26)6;1-2/h20,22-29,35H,4,8-19H2,1-3,5-7H3;1-2H3. The summed E-state index contributed by atoms with van der Waals surface area (Å²) in [5, 5.41) is 0.446. The van der Waals surface area contributed by atoms with E-state index in [0.717, 1.165) is 42.4 Å². The highest BCUT2D eigenvalue weighted by molar-refractivity contribution is 7.81. The first-order valence-electron chi connectivity index (χ1n) is 16.1. The molecular formula is C34H60O2S. The van der Waals surface area contributed by atoms with E-state index in [1.165, 1.54) is 63.4 Å². The van der Waals surface area contributed by atoms with Gasteiger partial charge >= 0.3 is 5.97 Å². The summed E-state index contributed by atoms with van der Waals surface area (Å²) < 4.78 is 5.83. The van der Waals surface area contributed by atoms with E-state index in [1.807, 2.05) is 20.8 Å². The molecule has 0 aromatic rings. The molecule has 0 aliphatic heterocycles. The van der Waals surface area contributed by atoms with Crippen LogP contribution >= 0.6 is 12.6 Å². The van der Waals surface area contributed by atoms with Gasteiger partial charge in [-0.2, -0.15) is 12.6 Å². The molecule has 11 atom stereocenters. The average Bonchev–Trinajstić information content (AvgIpc) is 3.26. The number of ether oxygens (including phenoxy) is 1. The Labute approximate surface area is 236 Å². The fourth-order valence-electron chi connectivity index (χ4n) is 9.76. The highest BCUT2D eigenvalue weighted by Crippen LogP contribution is 2.69. The Morgan fingerprint density at radius 2 is 1.62 bits per heavy atom. The van der Waals surface area contributed by atoms with Crippen molar-refractivity contribution in [3.63, 3.8) is 0 Å². The number of esters is 1. The fraction of sp³-hybridized carbons (Fsp3) is 0.912. The van der Waals surface area contributed by atoms with E-state index >= 15 is 0 Å². The normalized spacial score (nSPS) is 42.2. The number of fused-ring (bicyclic) bond motifs is 5. The summed E-state index contributed by atoms with van der Waals surface area (Å²) in [4.78, 5) is 12.0. The molecule has 0 aromatic carbocycles. The minimum atomic E-state index is -0.0321. The second-order valence-electron chi connectivity index (χ2n) is 13.7. The maximum absolute atomic E-state index is 12.0. The monoisotopic (exact) mass is 532 g/mol. The van der Waals surface area contributed by atoms with E-state index in [0.29, 0.717) is 34.3 Å². The van der Waals surface area contributed by atoms with Gasteiger partial charge in [-0.3, -0.25) is 4.79 Å². The predicted molar refractivity (Wildman–Crippen MR) is 162 cm³/mol. The molecule has 0 amide bonds. The Morgan fingerprint density at radius 3 is 2.27 bits per heavy atom. The van der Waals surface area contributed by atoms with Gasteiger partial charge in [0.15, 0.2) is 0 Å². The van der Waals surface area contributed by atoms with Crippen LogP contribution in [0.2, 0.25) is 0 Å². The second kappa shape index (κ2) is 12.8. The topological polar surface area (TPSA) is 26.3 Å². The number of thiol groups is 1. The van der Waals surface area contributed by atoms with Crippen LogP contribution in [0.25, 0.3) is 0 Å². The summed E-state index contributed by atoms with van der Waals surface area (Å²) >= 11 is 5.26. The van der Waals surface area contributed by atoms with Crippen molar-refractivity contribution in [3.05, 3.63) is 12.2 Å². The quantitative estimate of drug-likeness (QED) is 0.191. The molecule has 4 aliphatic carbocycles. The minimum Gasteiger partial charge on any atom is -0.462 e. The van der Waals surface area contributed by atoms with Gasteiger partial charge in [-0.15, -0.1) is 0 Å². The summed E-state index contributed by atoms with van der Waals surface area (Å²) in [5.41, 5.74) is 2.33. The van der Waals surface area contributed by atoms with E-state index < -0.39 is 0 Å². The Balaban J connectivity index is 0.00000186. The number of allylic oxidation sites excluding steroid dienone is 1. The van der Waals surface area contributed by atoms with Crippen LogP contribution in [0.15, 0.2) is 12.2 Å². The van der Waals surface area contributed by atoms with E-state index in [4.69, 9.17) is 17.4 Å². The Hall–Kier alpha value is -0.440. The van der Waals surface area contributed by atoms with E-state index in [2.05, 4.69) is 41.2 Å². The lowest BCUT2D eigenvalue weighted by atomic mass is 9.44. The lowest BCUT2D eigenvalue weighted by Gasteiger charge is -2.62. The summed E-state index contributed by atoms with van der Waals surface area (Å²) in [6.07, 6.45) is 14.6. The largest absolute Gasteiger partial charge is 0.462 e. The van der Waals surface area contributed by atoms with Crippen LogP contribution in [0.4, 0.5) is 0 Å². The van der Waals surface area contributed by atoms with Crippen molar-refractivity contribution in [2.24, 2.45) is 52.3 Å². The van der Waals surface area contributed by atoms with Gasteiger partial charge in [0, 0.05) is 11.7 Å². The smallest absolute Gasteiger partial charge is 0.305 e. The molecule has 214 valence electrons. The molecule has 3 heteroatoms. The molecule has 0 bridgehead atoms. The van der Waals surface area contributed by atoms with Crippen molar-refractivity contribution >= 4 is 18.6 Å². The molecule has 4 fully saturated rings. The first-order chi connectivity index (χ1) is 17.5. The zero-order valence-corrected chi connectivity index (χ0v) is 26.5. The van der Waals surface area contributed by atoms with Crippen LogP contribution < -0.4 is 0 Å². The van der Waals surface area contributed by atoms with Gasteiger partial charge < -0.3 is 4.74 Å². The molecule has 0 heterocycles. The summed E-state index contributed by atoms with van der Waals surface area (Å²) in [5.74, 6) is 5.41. The number of hydrogen-bond acceptors (Lipinski definition) is 3. The van der Waals surface area contributed by atoms with Gasteiger partial charge in [0.1, 0.15) is 6.10 Å². The molecule has 11 unspecified atom stereocenters. The summed E-state index contributed by atoms with van der Waals surface area (Å²) in [6.45, 7) is 22.8. The van der Waals surface area contributed by atoms with Crippen LogP contribution in [0, 0.1) is 52.3 Å². The Morgan fingerprint density at radius 1 is 0.973 bits per heavy atom.